The Balaban J connectivity index is 2.15. The number of carbonyl (C=O) groups is 2. The lowest BCUT2D eigenvalue weighted by Crippen LogP contribution is -2.38. The van der Waals surface area contributed by atoms with Gasteiger partial charge in [0.2, 0.25) is 0 Å². The molecule has 192 valence electrons. The molecule has 0 saturated carbocycles. The van der Waals surface area contributed by atoms with Gasteiger partial charge in [-0.25, -0.2) is 9.18 Å². The van der Waals surface area contributed by atoms with E-state index in [1.807, 2.05) is 0 Å². The standard InChI is InChI=1S/C22H19ClF4N4O5/c1-30-19(15(23)11-29-30)14-10-13(4-6-17(14)35-8-7-28)31(36-21(33)22(25,26)27)20(32)12-3-5-18(34-2)16(24)9-12/h3-6,9-11H,7-8,28H2,1-2H3. The van der Waals surface area contributed by atoms with Crippen LogP contribution >= 0.6 is 11.6 Å². The van der Waals surface area contributed by atoms with Crippen LogP contribution in [0.4, 0.5) is 23.2 Å². The maximum absolute atomic E-state index is 14.2. The molecule has 1 amide bonds. The number of ether oxygens (including phenoxy) is 2. The molecule has 0 aliphatic carbocycles. The third-order valence-electron chi connectivity index (χ3n) is 4.71. The minimum Gasteiger partial charge on any atom is -0.494 e. The van der Waals surface area contributed by atoms with E-state index in [-0.39, 0.29) is 51.7 Å². The van der Waals surface area contributed by atoms with Crippen LogP contribution < -0.4 is 20.3 Å². The van der Waals surface area contributed by atoms with Gasteiger partial charge in [0.25, 0.3) is 5.91 Å². The van der Waals surface area contributed by atoms with E-state index in [9.17, 15) is 27.2 Å². The summed E-state index contributed by atoms with van der Waals surface area (Å²) in [6, 6.07) is 6.61. The van der Waals surface area contributed by atoms with E-state index in [2.05, 4.69) is 9.94 Å². The molecule has 36 heavy (non-hydrogen) atoms. The summed E-state index contributed by atoms with van der Waals surface area (Å²) in [6.45, 7) is 0.232. The third-order valence-corrected chi connectivity index (χ3v) is 4.99. The van der Waals surface area contributed by atoms with Crippen LogP contribution in [0.2, 0.25) is 5.02 Å². The molecule has 2 N–H and O–H groups in total. The highest BCUT2D eigenvalue weighted by Crippen LogP contribution is 2.38. The minimum atomic E-state index is -5.43. The van der Waals surface area contributed by atoms with Crippen LogP contribution in [0, 0.1) is 5.82 Å². The van der Waals surface area contributed by atoms with Gasteiger partial charge in [-0.15, -0.1) is 5.06 Å². The normalized spacial score (nSPS) is 11.2. The van der Waals surface area contributed by atoms with Crippen LogP contribution in [-0.4, -0.2) is 48.1 Å². The van der Waals surface area contributed by atoms with Crippen molar-refractivity contribution in [3.63, 3.8) is 0 Å². The Bertz CT molecular complexity index is 1260. The first-order valence-electron chi connectivity index (χ1n) is 10.1. The Morgan fingerprint density at radius 2 is 1.86 bits per heavy atom. The van der Waals surface area contributed by atoms with Crippen LogP contribution in [0.15, 0.2) is 42.6 Å². The smallest absolute Gasteiger partial charge is 0.493 e. The first-order chi connectivity index (χ1) is 17.0. The molecular formula is C22H19ClF4N4O5. The predicted octanol–water partition coefficient (Wildman–Crippen LogP) is 3.89. The number of aromatic nitrogens is 2. The summed E-state index contributed by atoms with van der Waals surface area (Å²) in [7, 11) is 2.74. The molecule has 1 aromatic heterocycles. The van der Waals surface area contributed by atoms with E-state index in [0.717, 1.165) is 18.2 Å². The molecule has 3 aromatic rings. The number of benzene rings is 2. The number of nitrogens with two attached hydrogens (primary N) is 1. The van der Waals surface area contributed by atoms with Crippen molar-refractivity contribution in [2.75, 3.05) is 25.3 Å². The number of hydrogen-bond acceptors (Lipinski definition) is 7. The molecule has 2 aromatic carbocycles. The van der Waals surface area contributed by atoms with Gasteiger partial charge in [0.1, 0.15) is 12.4 Å². The Morgan fingerprint density at radius 3 is 2.42 bits per heavy atom. The van der Waals surface area contributed by atoms with Crippen molar-refractivity contribution in [1.29, 1.82) is 0 Å². The topological polar surface area (TPSA) is 109 Å². The third kappa shape index (κ3) is 5.69. The molecule has 0 radical (unpaired) electrons. The highest BCUT2D eigenvalue weighted by atomic mass is 35.5. The number of amides is 1. The fourth-order valence-corrected chi connectivity index (χ4v) is 3.37. The Hall–Kier alpha value is -3.84. The first-order valence-corrected chi connectivity index (χ1v) is 10.5. The number of hydrogen-bond donors (Lipinski definition) is 1. The minimum absolute atomic E-state index is 0.0820. The molecule has 9 nitrogen and oxygen atoms in total. The molecule has 0 spiro atoms. The molecule has 0 aliphatic heterocycles. The summed E-state index contributed by atoms with van der Waals surface area (Å²) in [5.41, 5.74) is 5.24. The van der Waals surface area contributed by atoms with Crippen LogP contribution in [0.5, 0.6) is 11.5 Å². The summed E-state index contributed by atoms with van der Waals surface area (Å²) in [6.07, 6.45) is -4.11. The Kier molecular flexibility index (Phi) is 8.05. The monoisotopic (exact) mass is 530 g/mol. The van der Waals surface area contributed by atoms with Crippen LogP contribution in [0.1, 0.15) is 10.4 Å². The quantitative estimate of drug-likeness (QED) is 0.364. The Morgan fingerprint density at radius 1 is 1.17 bits per heavy atom. The molecular weight excluding hydrogens is 512 g/mol. The number of anilines is 1. The van der Waals surface area contributed by atoms with Crippen molar-refractivity contribution in [2.45, 2.75) is 6.18 Å². The average molecular weight is 531 g/mol. The van der Waals surface area contributed by atoms with Gasteiger partial charge in [0, 0.05) is 24.7 Å². The second-order valence-electron chi connectivity index (χ2n) is 7.11. The maximum atomic E-state index is 14.2. The number of halogens is 5. The number of methoxy groups -OCH3 is 1. The fourth-order valence-electron chi connectivity index (χ4n) is 3.10. The van der Waals surface area contributed by atoms with Gasteiger partial charge in [0.15, 0.2) is 11.6 Å². The molecule has 0 saturated heterocycles. The van der Waals surface area contributed by atoms with Crippen molar-refractivity contribution >= 4 is 29.2 Å². The lowest BCUT2D eigenvalue weighted by atomic mass is 10.1. The summed E-state index contributed by atoms with van der Waals surface area (Å²) in [4.78, 5) is 29.2. The molecule has 0 fully saturated rings. The van der Waals surface area contributed by atoms with E-state index in [1.54, 1.807) is 7.05 Å². The number of alkyl halides is 3. The number of hydroxylamine groups is 1. The lowest BCUT2D eigenvalue weighted by Gasteiger charge is -2.23. The Labute approximate surface area is 206 Å². The number of nitrogens with zero attached hydrogens (tertiary/aromatic N) is 3. The number of rotatable bonds is 7. The van der Waals surface area contributed by atoms with E-state index >= 15 is 0 Å². The van der Waals surface area contributed by atoms with Crippen LogP contribution in [-0.2, 0) is 16.7 Å². The van der Waals surface area contributed by atoms with E-state index in [0.29, 0.717) is 0 Å². The van der Waals surface area contributed by atoms with Gasteiger partial charge < -0.3 is 20.0 Å². The van der Waals surface area contributed by atoms with Crippen LogP contribution in [0.25, 0.3) is 11.3 Å². The summed E-state index contributed by atoms with van der Waals surface area (Å²) in [5, 5.41) is 4.27. The predicted molar refractivity (Wildman–Crippen MR) is 120 cm³/mol. The van der Waals surface area contributed by atoms with Gasteiger partial charge in [0.05, 0.1) is 29.7 Å². The van der Waals surface area contributed by atoms with Gasteiger partial charge in [-0.05, 0) is 36.4 Å². The van der Waals surface area contributed by atoms with E-state index < -0.39 is 29.4 Å². The largest absolute Gasteiger partial charge is 0.494 e. The van der Waals surface area contributed by atoms with Gasteiger partial charge >= 0.3 is 12.1 Å². The zero-order valence-corrected chi connectivity index (χ0v) is 19.6. The van der Waals surface area contributed by atoms with E-state index in [1.165, 1.54) is 36.2 Å². The van der Waals surface area contributed by atoms with Crippen LogP contribution in [0.3, 0.4) is 0 Å². The average Bonchev–Trinajstić information content (AvgIpc) is 3.17. The number of aryl methyl sites for hydroxylation is 1. The fraction of sp³-hybridized carbons (Fsp3) is 0.227. The van der Waals surface area contributed by atoms with Gasteiger partial charge in [-0.1, -0.05) is 11.6 Å². The van der Waals surface area contributed by atoms with Crippen molar-refractivity contribution in [3.05, 3.63) is 59.0 Å². The van der Waals surface area contributed by atoms with Crippen molar-refractivity contribution < 1.29 is 41.5 Å². The SMILES string of the molecule is COc1ccc(C(=O)N(OC(=O)C(F)(F)F)c2ccc(OCCN)c(-c3c(Cl)cnn3C)c2)cc1F. The second-order valence-corrected chi connectivity index (χ2v) is 7.51. The molecule has 0 aliphatic rings. The highest BCUT2D eigenvalue weighted by Gasteiger charge is 2.44. The molecule has 14 heteroatoms. The van der Waals surface area contributed by atoms with E-state index in [4.69, 9.17) is 26.8 Å². The molecule has 0 bridgehead atoms. The maximum Gasteiger partial charge on any atom is 0.493 e. The number of carbonyl (C=O) groups excluding carboxylic acids is 2. The summed E-state index contributed by atoms with van der Waals surface area (Å²) in [5.74, 6) is -4.90. The van der Waals surface area contributed by atoms with Gasteiger partial charge in [-0.2, -0.15) is 18.3 Å². The first kappa shape index (κ1) is 26.8. The molecule has 1 heterocycles. The second kappa shape index (κ2) is 10.8. The molecule has 0 unspecified atom stereocenters. The van der Waals surface area contributed by atoms with Crippen molar-refractivity contribution in [3.8, 4) is 22.8 Å². The molecule has 3 rings (SSSR count). The zero-order chi connectivity index (χ0) is 26.6. The molecule has 0 atom stereocenters. The lowest BCUT2D eigenvalue weighted by molar-refractivity contribution is -0.199. The van der Waals surface area contributed by atoms with Gasteiger partial charge in [-0.3, -0.25) is 9.48 Å². The highest BCUT2D eigenvalue weighted by molar-refractivity contribution is 6.33. The summed E-state index contributed by atoms with van der Waals surface area (Å²) < 4.78 is 65.0. The zero-order valence-electron chi connectivity index (χ0n) is 18.8. The summed E-state index contributed by atoms with van der Waals surface area (Å²) >= 11 is 6.23. The van der Waals surface area contributed by atoms with Crippen molar-refractivity contribution in [1.82, 2.24) is 9.78 Å². The van der Waals surface area contributed by atoms with Crippen molar-refractivity contribution in [2.24, 2.45) is 12.8 Å².